The zero-order chi connectivity index (χ0) is 14.9. The van der Waals surface area contributed by atoms with Crippen LogP contribution in [0.1, 0.15) is 11.1 Å². The van der Waals surface area contributed by atoms with Crippen LogP contribution in [0.4, 0.5) is 0 Å². The first-order valence-corrected chi connectivity index (χ1v) is 8.15. The minimum Gasteiger partial charge on any atom is -0.361 e. The predicted octanol–water partition coefficient (Wildman–Crippen LogP) is 2.95. The van der Waals surface area contributed by atoms with E-state index in [-0.39, 0.29) is 11.4 Å². The van der Waals surface area contributed by atoms with Crippen LogP contribution in [0.5, 0.6) is 0 Å². The predicted molar refractivity (Wildman–Crippen MR) is 83.5 cm³/mol. The number of sulfonamides is 1. The molecular weight excluding hydrogens is 284 g/mol. The Kier molecular flexibility index (Phi) is 3.53. The van der Waals surface area contributed by atoms with E-state index in [1.807, 2.05) is 37.4 Å². The summed E-state index contributed by atoms with van der Waals surface area (Å²) >= 11 is 0. The second-order valence-corrected chi connectivity index (χ2v) is 6.80. The Hall–Kier alpha value is -2.11. The Labute approximate surface area is 123 Å². The summed E-state index contributed by atoms with van der Waals surface area (Å²) < 4.78 is 27.1. The van der Waals surface area contributed by atoms with Crippen LogP contribution in [0.25, 0.3) is 10.9 Å². The van der Waals surface area contributed by atoms with Gasteiger partial charge in [0.15, 0.2) is 0 Å². The van der Waals surface area contributed by atoms with E-state index in [0.29, 0.717) is 0 Å². The molecule has 0 bridgehead atoms. The van der Waals surface area contributed by atoms with E-state index in [9.17, 15) is 8.42 Å². The number of rotatable bonds is 4. The molecule has 1 aromatic heterocycles. The van der Waals surface area contributed by atoms with Gasteiger partial charge < -0.3 is 4.98 Å². The van der Waals surface area contributed by atoms with Gasteiger partial charge in [0.05, 0.1) is 4.90 Å². The molecule has 5 heteroatoms. The second kappa shape index (κ2) is 5.35. The van der Waals surface area contributed by atoms with Crippen LogP contribution in [-0.2, 0) is 16.6 Å². The van der Waals surface area contributed by atoms with Crippen molar-refractivity contribution in [2.45, 2.75) is 18.4 Å². The van der Waals surface area contributed by atoms with Gasteiger partial charge in [-0.05, 0) is 48.2 Å². The van der Waals surface area contributed by atoms with Gasteiger partial charge >= 0.3 is 0 Å². The molecule has 0 fully saturated rings. The van der Waals surface area contributed by atoms with Crippen molar-refractivity contribution < 1.29 is 8.42 Å². The van der Waals surface area contributed by atoms with Crippen molar-refractivity contribution in [3.05, 3.63) is 65.9 Å². The molecule has 0 aliphatic rings. The zero-order valence-corrected chi connectivity index (χ0v) is 12.4. The first kappa shape index (κ1) is 13.9. The lowest BCUT2D eigenvalue weighted by molar-refractivity contribution is 0.581. The van der Waals surface area contributed by atoms with Crippen molar-refractivity contribution in [2.75, 3.05) is 0 Å². The molecule has 4 nitrogen and oxygen atoms in total. The fourth-order valence-corrected chi connectivity index (χ4v) is 3.21. The van der Waals surface area contributed by atoms with Gasteiger partial charge in [0.1, 0.15) is 0 Å². The van der Waals surface area contributed by atoms with E-state index in [2.05, 4.69) is 9.71 Å². The van der Waals surface area contributed by atoms with E-state index in [1.165, 1.54) is 0 Å². The first-order chi connectivity index (χ1) is 10.0. The molecule has 2 N–H and O–H groups in total. The molecule has 3 rings (SSSR count). The maximum absolute atomic E-state index is 12.2. The lowest BCUT2D eigenvalue weighted by Gasteiger charge is -2.07. The van der Waals surface area contributed by atoms with Crippen molar-refractivity contribution in [3.63, 3.8) is 0 Å². The monoisotopic (exact) mass is 300 g/mol. The standard InChI is InChI=1S/C16H16N2O2S/c1-12-2-5-15(6-3-12)21(19,20)18-11-13-4-7-16-14(10-13)8-9-17-16/h2-10,17-18H,11H2,1H3. The Morgan fingerprint density at radius 2 is 1.81 bits per heavy atom. The van der Waals surface area contributed by atoms with Gasteiger partial charge in [-0.25, -0.2) is 13.1 Å². The number of nitrogens with one attached hydrogen (secondary N) is 2. The van der Waals surface area contributed by atoms with Crippen molar-refractivity contribution in [2.24, 2.45) is 0 Å². The Bertz CT molecular complexity index is 865. The quantitative estimate of drug-likeness (QED) is 0.778. The highest BCUT2D eigenvalue weighted by Gasteiger charge is 2.13. The Morgan fingerprint density at radius 3 is 2.57 bits per heavy atom. The lowest BCUT2D eigenvalue weighted by Crippen LogP contribution is -2.23. The lowest BCUT2D eigenvalue weighted by atomic mass is 10.1. The highest BCUT2D eigenvalue weighted by molar-refractivity contribution is 7.89. The number of fused-ring (bicyclic) bond motifs is 1. The summed E-state index contributed by atoms with van der Waals surface area (Å²) in [6.45, 7) is 2.20. The van der Waals surface area contributed by atoms with Gasteiger partial charge in [-0.1, -0.05) is 23.8 Å². The molecule has 0 amide bonds. The highest BCUT2D eigenvalue weighted by atomic mass is 32.2. The zero-order valence-electron chi connectivity index (χ0n) is 11.6. The third-order valence-corrected chi connectivity index (χ3v) is 4.83. The third-order valence-electron chi connectivity index (χ3n) is 3.42. The number of hydrogen-bond donors (Lipinski definition) is 2. The summed E-state index contributed by atoms with van der Waals surface area (Å²) in [5.41, 5.74) is 3.00. The summed E-state index contributed by atoms with van der Waals surface area (Å²) in [6.07, 6.45) is 1.87. The molecule has 108 valence electrons. The van der Waals surface area contributed by atoms with Crippen LogP contribution < -0.4 is 4.72 Å². The molecule has 0 saturated heterocycles. The van der Waals surface area contributed by atoms with Gasteiger partial charge in [-0.3, -0.25) is 0 Å². The normalized spacial score (nSPS) is 11.9. The first-order valence-electron chi connectivity index (χ1n) is 6.67. The molecule has 21 heavy (non-hydrogen) atoms. The molecular formula is C16H16N2O2S. The van der Waals surface area contributed by atoms with E-state index >= 15 is 0 Å². The van der Waals surface area contributed by atoms with Crippen LogP contribution in [-0.4, -0.2) is 13.4 Å². The van der Waals surface area contributed by atoms with Gasteiger partial charge in [-0.2, -0.15) is 0 Å². The molecule has 0 aliphatic carbocycles. The summed E-state index contributed by atoms with van der Waals surface area (Å²) in [7, 11) is -3.47. The number of benzene rings is 2. The Morgan fingerprint density at radius 1 is 1.05 bits per heavy atom. The van der Waals surface area contributed by atoms with E-state index in [0.717, 1.165) is 22.0 Å². The molecule has 2 aromatic carbocycles. The summed E-state index contributed by atoms with van der Waals surface area (Å²) in [5.74, 6) is 0. The van der Waals surface area contributed by atoms with Crippen molar-refractivity contribution in [1.29, 1.82) is 0 Å². The van der Waals surface area contributed by atoms with Crippen molar-refractivity contribution in [3.8, 4) is 0 Å². The topological polar surface area (TPSA) is 62.0 Å². The van der Waals surface area contributed by atoms with Crippen LogP contribution >= 0.6 is 0 Å². The van der Waals surface area contributed by atoms with E-state index in [1.54, 1.807) is 24.3 Å². The average molecular weight is 300 g/mol. The molecule has 1 heterocycles. The van der Waals surface area contributed by atoms with Crippen LogP contribution in [0.3, 0.4) is 0 Å². The van der Waals surface area contributed by atoms with Gasteiger partial charge in [0, 0.05) is 18.3 Å². The Balaban J connectivity index is 1.78. The van der Waals surface area contributed by atoms with Crippen LogP contribution in [0.2, 0.25) is 0 Å². The van der Waals surface area contributed by atoms with Crippen LogP contribution in [0.15, 0.2) is 59.6 Å². The van der Waals surface area contributed by atoms with Gasteiger partial charge in [0.2, 0.25) is 10.0 Å². The summed E-state index contributed by atoms with van der Waals surface area (Å²) in [5, 5.41) is 1.07. The minimum absolute atomic E-state index is 0.275. The highest BCUT2D eigenvalue weighted by Crippen LogP contribution is 2.15. The third kappa shape index (κ3) is 2.99. The fourth-order valence-electron chi connectivity index (χ4n) is 2.19. The number of hydrogen-bond acceptors (Lipinski definition) is 2. The smallest absolute Gasteiger partial charge is 0.240 e. The molecule has 0 spiro atoms. The molecule has 0 atom stereocenters. The summed E-state index contributed by atoms with van der Waals surface area (Å²) in [6, 6.07) is 14.6. The molecule has 3 aromatic rings. The number of aryl methyl sites for hydroxylation is 1. The van der Waals surface area contributed by atoms with Crippen molar-refractivity contribution in [1.82, 2.24) is 9.71 Å². The molecule has 0 aliphatic heterocycles. The second-order valence-electron chi connectivity index (χ2n) is 5.04. The molecule has 0 radical (unpaired) electrons. The van der Waals surface area contributed by atoms with Gasteiger partial charge in [0.25, 0.3) is 0 Å². The maximum atomic E-state index is 12.2. The van der Waals surface area contributed by atoms with E-state index < -0.39 is 10.0 Å². The van der Waals surface area contributed by atoms with Crippen molar-refractivity contribution >= 4 is 20.9 Å². The number of H-pyrrole nitrogens is 1. The summed E-state index contributed by atoms with van der Waals surface area (Å²) in [4.78, 5) is 3.40. The molecule has 0 unspecified atom stereocenters. The minimum atomic E-state index is -3.47. The van der Waals surface area contributed by atoms with Gasteiger partial charge in [-0.15, -0.1) is 0 Å². The van der Waals surface area contributed by atoms with Crippen LogP contribution in [0, 0.1) is 6.92 Å². The largest absolute Gasteiger partial charge is 0.361 e. The maximum Gasteiger partial charge on any atom is 0.240 e. The van der Waals surface area contributed by atoms with E-state index in [4.69, 9.17) is 0 Å². The number of aromatic nitrogens is 1. The fraction of sp³-hybridized carbons (Fsp3) is 0.125. The number of aromatic amines is 1. The SMILES string of the molecule is Cc1ccc(S(=O)(=O)NCc2ccc3[nH]ccc3c2)cc1. The molecule has 0 saturated carbocycles. The average Bonchev–Trinajstić information content (AvgIpc) is 2.93.